The number of carbonyl (C=O) groups is 2. The number of nitrogens with one attached hydrogen (secondary N) is 2. The summed E-state index contributed by atoms with van der Waals surface area (Å²) in [5.41, 5.74) is 1.65. The first kappa shape index (κ1) is 14.7. The summed E-state index contributed by atoms with van der Waals surface area (Å²) in [4.78, 5) is 23.0. The molecule has 0 fully saturated rings. The van der Waals surface area contributed by atoms with Crippen LogP contribution in [0.2, 0.25) is 0 Å². The Balaban J connectivity index is 1.92. The van der Waals surface area contributed by atoms with Crippen LogP contribution in [0.5, 0.6) is 0 Å². The lowest BCUT2D eigenvalue weighted by Gasteiger charge is -2.08. The van der Waals surface area contributed by atoms with Gasteiger partial charge in [-0.2, -0.15) is 0 Å². The van der Waals surface area contributed by atoms with Crippen LogP contribution in [0.1, 0.15) is 17.3 Å². The zero-order chi connectivity index (χ0) is 15.2. The van der Waals surface area contributed by atoms with Crippen molar-refractivity contribution in [2.75, 3.05) is 17.2 Å². The van der Waals surface area contributed by atoms with Crippen LogP contribution < -0.4 is 10.6 Å². The van der Waals surface area contributed by atoms with Gasteiger partial charge in [-0.05, 0) is 37.3 Å². The van der Waals surface area contributed by atoms with Gasteiger partial charge in [0.25, 0.3) is 0 Å². The van der Waals surface area contributed by atoms with Crippen molar-refractivity contribution in [3.63, 3.8) is 0 Å². The lowest BCUT2D eigenvalue weighted by atomic mass is 10.1. The highest BCUT2D eigenvalue weighted by Gasteiger charge is 2.04. The average molecular weight is 286 g/mol. The van der Waals surface area contributed by atoms with Crippen LogP contribution in [-0.4, -0.2) is 18.2 Å². The molecule has 4 nitrogen and oxygen atoms in total. The first-order chi connectivity index (χ1) is 10.0. The number of hydrogen-bond donors (Lipinski definition) is 2. The van der Waals surface area contributed by atoms with Crippen molar-refractivity contribution >= 4 is 23.1 Å². The Kier molecular flexibility index (Phi) is 4.66. The second-order valence-electron chi connectivity index (χ2n) is 4.55. The van der Waals surface area contributed by atoms with E-state index in [2.05, 4.69) is 10.6 Å². The highest BCUT2D eigenvalue weighted by molar-refractivity contribution is 5.96. The van der Waals surface area contributed by atoms with Crippen LogP contribution in [0.3, 0.4) is 0 Å². The summed E-state index contributed by atoms with van der Waals surface area (Å²) in [6.45, 7) is 1.51. The van der Waals surface area contributed by atoms with Gasteiger partial charge in [0, 0.05) is 16.9 Å². The minimum Gasteiger partial charge on any atom is -0.376 e. The summed E-state index contributed by atoms with van der Waals surface area (Å²) < 4.78 is 13.0. The summed E-state index contributed by atoms with van der Waals surface area (Å²) in [6.07, 6.45) is 0. The normalized spacial score (nSPS) is 10.0. The lowest BCUT2D eigenvalue weighted by Crippen LogP contribution is -2.21. The van der Waals surface area contributed by atoms with Crippen molar-refractivity contribution in [3.8, 4) is 0 Å². The number of anilines is 2. The number of halogens is 1. The van der Waals surface area contributed by atoms with E-state index < -0.39 is 5.82 Å². The molecule has 0 saturated carbocycles. The summed E-state index contributed by atoms with van der Waals surface area (Å²) in [5, 5.41) is 5.50. The van der Waals surface area contributed by atoms with E-state index in [-0.39, 0.29) is 18.2 Å². The van der Waals surface area contributed by atoms with Crippen molar-refractivity contribution in [2.24, 2.45) is 0 Å². The van der Waals surface area contributed by atoms with E-state index in [9.17, 15) is 14.0 Å². The quantitative estimate of drug-likeness (QED) is 0.830. The molecule has 0 saturated heterocycles. The minimum absolute atomic E-state index is 0.0257. The topological polar surface area (TPSA) is 58.2 Å². The highest BCUT2D eigenvalue weighted by atomic mass is 19.1. The number of carbonyl (C=O) groups excluding carboxylic acids is 2. The molecule has 5 heteroatoms. The predicted molar refractivity (Wildman–Crippen MR) is 80.0 cm³/mol. The average Bonchev–Trinajstić information content (AvgIpc) is 2.45. The van der Waals surface area contributed by atoms with Gasteiger partial charge in [0.1, 0.15) is 5.82 Å². The van der Waals surface area contributed by atoms with Crippen LogP contribution in [-0.2, 0) is 4.79 Å². The Morgan fingerprint density at radius 2 is 1.76 bits per heavy atom. The van der Waals surface area contributed by atoms with Crippen molar-refractivity contribution < 1.29 is 14.0 Å². The summed E-state index contributed by atoms with van der Waals surface area (Å²) in [7, 11) is 0. The van der Waals surface area contributed by atoms with E-state index in [0.29, 0.717) is 16.9 Å². The maximum absolute atomic E-state index is 13.0. The minimum atomic E-state index is -0.407. The van der Waals surface area contributed by atoms with Gasteiger partial charge < -0.3 is 10.6 Å². The molecule has 0 bridgehead atoms. The van der Waals surface area contributed by atoms with Crippen molar-refractivity contribution in [1.82, 2.24) is 0 Å². The number of ketones is 1. The molecule has 0 aliphatic heterocycles. The number of amides is 1. The van der Waals surface area contributed by atoms with Gasteiger partial charge in [-0.1, -0.05) is 18.2 Å². The Morgan fingerprint density at radius 1 is 1.05 bits per heavy atom. The number of hydrogen-bond acceptors (Lipinski definition) is 3. The molecule has 1 amide bonds. The van der Waals surface area contributed by atoms with Crippen molar-refractivity contribution in [1.29, 1.82) is 0 Å². The van der Waals surface area contributed by atoms with Gasteiger partial charge in [-0.3, -0.25) is 9.59 Å². The molecule has 0 spiro atoms. The Bertz CT molecular complexity index is 671. The van der Waals surface area contributed by atoms with Gasteiger partial charge in [0.15, 0.2) is 5.78 Å². The van der Waals surface area contributed by atoms with E-state index in [1.807, 2.05) is 0 Å². The van der Waals surface area contributed by atoms with Gasteiger partial charge >= 0.3 is 0 Å². The molecule has 108 valence electrons. The molecule has 0 aliphatic rings. The third-order valence-electron chi connectivity index (χ3n) is 2.83. The zero-order valence-corrected chi connectivity index (χ0v) is 11.5. The maximum atomic E-state index is 13.0. The maximum Gasteiger partial charge on any atom is 0.243 e. The van der Waals surface area contributed by atoms with E-state index in [4.69, 9.17) is 0 Å². The van der Waals surface area contributed by atoms with E-state index in [1.54, 1.807) is 30.3 Å². The van der Waals surface area contributed by atoms with Gasteiger partial charge in [-0.25, -0.2) is 4.39 Å². The second kappa shape index (κ2) is 6.65. The third kappa shape index (κ3) is 4.42. The van der Waals surface area contributed by atoms with Gasteiger partial charge in [-0.15, -0.1) is 0 Å². The molecular weight excluding hydrogens is 271 g/mol. The van der Waals surface area contributed by atoms with E-state index in [0.717, 1.165) is 0 Å². The molecule has 0 aliphatic carbocycles. The van der Waals surface area contributed by atoms with E-state index in [1.165, 1.54) is 25.1 Å². The third-order valence-corrected chi connectivity index (χ3v) is 2.83. The molecule has 0 unspecified atom stereocenters. The van der Waals surface area contributed by atoms with Crippen LogP contribution >= 0.6 is 0 Å². The van der Waals surface area contributed by atoms with Crippen LogP contribution in [0.15, 0.2) is 48.5 Å². The first-order valence-corrected chi connectivity index (χ1v) is 6.45. The fourth-order valence-electron chi connectivity index (χ4n) is 1.80. The van der Waals surface area contributed by atoms with Gasteiger partial charge in [0.2, 0.25) is 5.91 Å². The molecule has 2 N–H and O–H groups in total. The number of benzene rings is 2. The fraction of sp³-hybridized carbons (Fsp3) is 0.125. The molecule has 0 atom stereocenters. The van der Waals surface area contributed by atoms with Crippen LogP contribution in [0.4, 0.5) is 15.8 Å². The van der Waals surface area contributed by atoms with Crippen molar-refractivity contribution in [2.45, 2.75) is 6.92 Å². The largest absolute Gasteiger partial charge is 0.376 e. The van der Waals surface area contributed by atoms with Gasteiger partial charge in [0.05, 0.1) is 6.54 Å². The van der Waals surface area contributed by atoms with Crippen LogP contribution in [0.25, 0.3) is 0 Å². The predicted octanol–water partition coefficient (Wildman–Crippen LogP) is 3.08. The molecule has 0 aromatic heterocycles. The molecule has 21 heavy (non-hydrogen) atoms. The Labute approximate surface area is 122 Å². The SMILES string of the molecule is CC(=O)c1cccc(NCC(=O)Nc2cccc(F)c2)c1. The monoisotopic (exact) mass is 286 g/mol. The number of rotatable bonds is 5. The smallest absolute Gasteiger partial charge is 0.243 e. The molecule has 0 radical (unpaired) electrons. The molecule has 2 aromatic rings. The fourth-order valence-corrected chi connectivity index (χ4v) is 1.80. The lowest BCUT2D eigenvalue weighted by molar-refractivity contribution is -0.114. The summed E-state index contributed by atoms with van der Waals surface area (Å²) in [5.74, 6) is -0.744. The Hall–Kier alpha value is -2.69. The molecule has 0 heterocycles. The molecule has 2 rings (SSSR count). The standard InChI is InChI=1S/C16H15FN2O2/c1-11(20)12-4-2-6-14(8-12)18-10-16(21)19-15-7-3-5-13(17)9-15/h2-9,18H,10H2,1H3,(H,19,21). The Morgan fingerprint density at radius 3 is 2.48 bits per heavy atom. The summed E-state index contributed by atoms with van der Waals surface area (Å²) in [6, 6.07) is 12.6. The highest BCUT2D eigenvalue weighted by Crippen LogP contribution is 2.12. The molecular formula is C16H15FN2O2. The summed E-state index contributed by atoms with van der Waals surface area (Å²) >= 11 is 0. The number of Topliss-reactive ketones (excluding diaryl/α,β-unsaturated/α-hetero) is 1. The molecule has 2 aromatic carbocycles. The first-order valence-electron chi connectivity index (χ1n) is 6.45. The van der Waals surface area contributed by atoms with Crippen LogP contribution in [0, 0.1) is 5.82 Å². The van der Waals surface area contributed by atoms with Crippen molar-refractivity contribution in [3.05, 3.63) is 59.9 Å². The zero-order valence-electron chi connectivity index (χ0n) is 11.5. The van der Waals surface area contributed by atoms with E-state index >= 15 is 0 Å². The second-order valence-corrected chi connectivity index (χ2v) is 4.55.